The maximum atomic E-state index is 12.1. The molecule has 4 amide bonds. The molecule has 8 nitrogen and oxygen atoms in total. The van der Waals surface area contributed by atoms with Crippen molar-refractivity contribution in [2.75, 3.05) is 6.54 Å². The van der Waals surface area contributed by atoms with Crippen LogP contribution in [0.2, 0.25) is 0 Å². The van der Waals surface area contributed by atoms with Crippen molar-refractivity contribution in [2.45, 2.75) is 39.3 Å². The van der Waals surface area contributed by atoms with Crippen LogP contribution >= 0.6 is 0 Å². The molecule has 1 saturated heterocycles. The molecule has 3 rings (SSSR count). The Kier molecular flexibility index (Phi) is 6.69. The van der Waals surface area contributed by atoms with E-state index in [1.165, 1.54) is 0 Å². The van der Waals surface area contributed by atoms with Gasteiger partial charge in [0, 0.05) is 13.0 Å². The Hall–Kier alpha value is -3.68. The maximum Gasteiger partial charge on any atom is 0.325 e. The first-order chi connectivity index (χ1) is 14.8. The van der Waals surface area contributed by atoms with Crippen molar-refractivity contribution in [3.8, 4) is 5.75 Å². The molecule has 2 aromatic carbocycles. The average Bonchev–Trinajstić information content (AvgIpc) is 2.96. The van der Waals surface area contributed by atoms with Gasteiger partial charge in [0.25, 0.3) is 5.91 Å². The van der Waals surface area contributed by atoms with Gasteiger partial charge in [0.05, 0.1) is 5.71 Å². The lowest BCUT2D eigenvalue weighted by Crippen LogP contribution is -2.40. The highest BCUT2D eigenvalue weighted by atomic mass is 16.5. The van der Waals surface area contributed by atoms with Gasteiger partial charge < -0.3 is 10.1 Å². The van der Waals surface area contributed by atoms with Crippen molar-refractivity contribution in [1.82, 2.24) is 15.6 Å². The van der Waals surface area contributed by atoms with Gasteiger partial charge in [-0.1, -0.05) is 30.3 Å². The van der Waals surface area contributed by atoms with Crippen LogP contribution in [0, 0.1) is 0 Å². The van der Waals surface area contributed by atoms with Crippen LogP contribution in [-0.2, 0) is 16.2 Å². The van der Waals surface area contributed by atoms with E-state index in [1.54, 1.807) is 20.8 Å². The molecular formula is C23H26N4O4. The molecule has 2 N–H and O–H groups in total. The molecule has 1 aliphatic rings. The lowest BCUT2D eigenvalue weighted by molar-refractivity contribution is -0.130. The second-order valence-corrected chi connectivity index (χ2v) is 7.79. The van der Waals surface area contributed by atoms with Crippen molar-refractivity contribution in [3.63, 3.8) is 0 Å². The number of benzene rings is 2. The molecule has 0 radical (unpaired) electrons. The molecule has 0 saturated carbocycles. The van der Waals surface area contributed by atoms with Crippen molar-refractivity contribution in [1.29, 1.82) is 0 Å². The van der Waals surface area contributed by atoms with E-state index in [0.29, 0.717) is 12.3 Å². The number of amides is 4. The standard InChI is InChI=1S/C23H26N4O4/c1-16(18-9-11-19(12-10-18)31-15-17-7-5-4-6-8-17)25-26-20(28)13-14-27-21(29)23(2,3)24-22(27)30/h4-12H,13-15H2,1-3H3,(H,24,30)(H,26,28)/b25-16-. The molecule has 0 spiro atoms. The summed E-state index contributed by atoms with van der Waals surface area (Å²) in [6, 6.07) is 16.8. The van der Waals surface area contributed by atoms with E-state index in [1.807, 2.05) is 54.6 Å². The first-order valence-corrected chi connectivity index (χ1v) is 10.0. The number of hydrogen-bond acceptors (Lipinski definition) is 5. The monoisotopic (exact) mass is 422 g/mol. The molecule has 1 aliphatic heterocycles. The molecule has 2 aromatic rings. The van der Waals surface area contributed by atoms with E-state index < -0.39 is 11.6 Å². The third kappa shape index (κ3) is 5.69. The molecule has 0 aliphatic carbocycles. The second-order valence-electron chi connectivity index (χ2n) is 7.79. The Morgan fingerprint density at radius 1 is 1.10 bits per heavy atom. The van der Waals surface area contributed by atoms with Crippen molar-refractivity contribution in [3.05, 3.63) is 65.7 Å². The lowest BCUT2D eigenvalue weighted by atomic mass is 10.1. The van der Waals surface area contributed by atoms with Crippen LogP contribution in [0.4, 0.5) is 4.79 Å². The zero-order valence-electron chi connectivity index (χ0n) is 17.8. The lowest BCUT2D eigenvalue weighted by Gasteiger charge is -2.15. The number of hydrogen-bond donors (Lipinski definition) is 2. The molecular weight excluding hydrogens is 396 g/mol. The van der Waals surface area contributed by atoms with E-state index in [4.69, 9.17) is 4.74 Å². The van der Waals surface area contributed by atoms with E-state index in [9.17, 15) is 14.4 Å². The molecule has 0 atom stereocenters. The highest BCUT2D eigenvalue weighted by Gasteiger charge is 2.43. The van der Waals surface area contributed by atoms with Crippen LogP contribution < -0.4 is 15.5 Å². The van der Waals surface area contributed by atoms with Crippen molar-refractivity contribution >= 4 is 23.6 Å². The number of hydrazone groups is 1. The third-order valence-electron chi connectivity index (χ3n) is 4.88. The number of imide groups is 1. The topological polar surface area (TPSA) is 100 Å². The summed E-state index contributed by atoms with van der Waals surface area (Å²) in [7, 11) is 0. The van der Waals surface area contributed by atoms with Crippen LogP contribution in [0.5, 0.6) is 5.75 Å². The molecule has 31 heavy (non-hydrogen) atoms. The van der Waals surface area contributed by atoms with Gasteiger partial charge in [-0.2, -0.15) is 5.10 Å². The van der Waals surface area contributed by atoms with E-state index in [-0.39, 0.29) is 24.8 Å². The fraction of sp³-hybridized carbons (Fsp3) is 0.304. The summed E-state index contributed by atoms with van der Waals surface area (Å²) in [5, 5.41) is 6.68. The normalized spacial score (nSPS) is 15.6. The first kappa shape index (κ1) is 22.0. The zero-order valence-corrected chi connectivity index (χ0v) is 17.8. The van der Waals surface area contributed by atoms with Crippen LogP contribution in [-0.4, -0.2) is 40.5 Å². The van der Waals surface area contributed by atoms with E-state index in [0.717, 1.165) is 21.8 Å². The highest BCUT2D eigenvalue weighted by molar-refractivity contribution is 6.06. The van der Waals surface area contributed by atoms with Gasteiger partial charge in [0.2, 0.25) is 5.91 Å². The van der Waals surface area contributed by atoms with Gasteiger partial charge in [-0.3, -0.25) is 14.5 Å². The van der Waals surface area contributed by atoms with Gasteiger partial charge in [0.15, 0.2) is 0 Å². The predicted molar refractivity (Wildman–Crippen MR) is 117 cm³/mol. The van der Waals surface area contributed by atoms with Crippen LogP contribution in [0.25, 0.3) is 0 Å². The number of nitrogens with zero attached hydrogens (tertiary/aromatic N) is 2. The number of ether oxygens (including phenoxy) is 1. The Morgan fingerprint density at radius 3 is 2.39 bits per heavy atom. The average molecular weight is 422 g/mol. The molecule has 162 valence electrons. The number of carbonyl (C=O) groups excluding carboxylic acids is 3. The summed E-state index contributed by atoms with van der Waals surface area (Å²) in [4.78, 5) is 37.1. The summed E-state index contributed by atoms with van der Waals surface area (Å²) >= 11 is 0. The molecule has 0 bridgehead atoms. The molecule has 8 heteroatoms. The summed E-state index contributed by atoms with van der Waals surface area (Å²) in [6.07, 6.45) is -0.0295. The summed E-state index contributed by atoms with van der Waals surface area (Å²) in [5.41, 5.74) is 4.07. The maximum absolute atomic E-state index is 12.1. The molecule has 0 unspecified atom stereocenters. The number of carbonyl (C=O) groups is 3. The van der Waals surface area contributed by atoms with Gasteiger partial charge in [-0.05, 0) is 56.2 Å². The van der Waals surface area contributed by atoms with Crippen molar-refractivity contribution < 1.29 is 19.1 Å². The first-order valence-electron chi connectivity index (χ1n) is 10.0. The Bertz CT molecular complexity index is 984. The Morgan fingerprint density at radius 2 is 1.77 bits per heavy atom. The highest BCUT2D eigenvalue weighted by Crippen LogP contribution is 2.17. The number of urea groups is 1. The minimum absolute atomic E-state index is 0.00193. The Labute approximate surface area is 181 Å². The Balaban J connectivity index is 1.48. The van der Waals surface area contributed by atoms with Gasteiger partial charge >= 0.3 is 6.03 Å². The second kappa shape index (κ2) is 9.42. The van der Waals surface area contributed by atoms with E-state index in [2.05, 4.69) is 15.8 Å². The van der Waals surface area contributed by atoms with E-state index >= 15 is 0 Å². The van der Waals surface area contributed by atoms with Crippen LogP contribution in [0.1, 0.15) is 38.3 Å². The van der Waals surface area contributed by atoms with Gasteiger partial charge in [-0.15, -0.1) is 0 Å². The number of rotatable bonds is 8. The zero-order chi connectivity index (χ0) is 22.4. The van der Waals surface area contributed by atoms with Gasteiger partial charge in [0.1, 0.15) is 17.9 Å². The summed E-state index contributed by atoms with van der Waals surface area (Å²) in [6.45, 7) is 5.51. The molecule has 1 heterocycles. The van der Waals surface area contributed by atoms with Crippen LogP contribution in [0.3, 0.4) is 0 Å². The summed E-state index contributed by atoms with van der Waals surface area (Å²) < 4.78 is 5.76. The van der Waals surface area contributed by atoms with Crippen molar-refractivity contribution in [2.24, 2.45) is 5.10 Å². The van der Waals surface area contributed by atoms with Gasteiger partial charge in [-0.25, -0.2) is 10.2 Å². The number of nitrogens with one attached hydrogen (secondary N) is 2. The quantitative estimate of drug-likeness (QED) is 0.388. The summed E-state index contributed by atoms with van der Waals surface area (Å²) in [5.74, 6) is 0.00736. The SMILES string of the molecule is C/C(=N/NC(=O)CCN1C(=O)NC(C)(C)C1=O)c1ccc(OCc2ccccc2)cc1. The molecule has 0 aromatic heterocycles. The smallest absolute Gasteiger partial charge is 0.325 e. The fourth-order valence-electron chi connectivity index (χ4n) is 3.03. The van der Waals surface area contributed by atoms with Crippen LogP contribution in [0.15, 0.2) is 59.7 Å². The molecule has 1 fully saturated rings. The predicted octanol–water partition coefficient (Wildman–Crippen LogP) is 2.83. The largest absolute Gasteiger partial charge is 0.489 e. The fourth-order valence-corrected chi connectivity index (χ4v) is 3.03. The third-order valence-corrected chi connectivity index (χ3v) is 4.88. The minimum atomic E-state index is -0.945. The minimum Gasteiger partial charge on any atom is -0.489 e.